The van der Waals surface area contributed by atoms with E-state index in [1.807, 2.05) is 18.2 Å². The molecule has 10 heteroatoms. The lowest BCUT2D eigenvalue weighted by molar-refractivity contribution is -0.124. The Morgan fingerprint density at radius 2 is 2.03 bits per heavy atom. The van der Waals surface area contributed by atoms with Gasteiger partial charge in [-0.25, -0.2) is 13.2 Å². The summed E-state index contributed by atoms with van der Waals surface area (Å²) in [6.07, 6.45) is 0.370. The van der Waals surface area contributed by atoms with Crippen LogP contribution in [0.5, 0.6) is 0 Å². The normalized spacial score (nSPS) is 17.8. The molecule has 1 N–H and O–H groups in total. The predicted octanol–water partition coefficient (Wildman–Crippen LogP) is 1.66. The molecule has 29 heavy (non-hydrogen) atoms. The Morgan fingerprint density at radius 3 is 2.69 bits per heavy atom. The number of esters is 1. The fourth-order valence-electron chi connectivity index (χ4n) is 3.32. The number of halogens is 1. The summed E-state index contributed by atoms with van der Waals surface area (Å²) in [7, 11) is -3.10. The second kappa shape index (κ2) is 8.54. The molecule has 1 aliphatic rings. The number of nitrogens with zero attached hydrogens (tertiary/aromatic N) is 2. The number of hydrogen-bond acceptors (Lipinski definition) is 6. The number of benzene rings is 1. The first-order valence-corrected chi connectivity index (χ1v) is 11.3. The molecule has 1 aliphatic heterocycles. The van der Waals surface area contributed by atoms with Crippen LogP contribution >= 0.6 is 11.6 Å². The maximum atomic E-state index is 12.5. The summed E-state index contributed by atoms with van der Waals surface area (Å²) in [4.78, 5) is 24.5. The fourth-order valence-corrected chi connectivity index (χ4v) is 5.18. The maximum Gasteiger partial charge on any atom is 0.342 e. The third-order valence-corrected chi connectivity index (χ3v) is 6.93. The molecule has 0 spiro atoms. The van der Waals surface area contributed by atoms with Crippen LogP contribution in [0.2, 0.25) is 5.02 Å². The Hall–Kier alpha value is -2.39. The minimum atomic E-state index is -3.10. The Bertz CT molecular complexity index is 1050. The molecule has 3 rings (SSSR count). The van der Waals surface area contributed by atoms with Crippen LogP contribution in [-0.2, 0) is 25.9 Å². The van der Waals surface area contributed by atoms with Crippen LogP contribution in [0.3, 0.4) is 0 Å². The number of carbonyl (C=O) groups is 2. The van der Waals surface area contributed by atoms with Gasteiger partial charge in [-0.15, -0.1) is 0 Å². The molecule has 0 bridgehead atoms. The largest absolute Gasteiger partial charge is 0.452 e. The number of carbonyl (C=O) groups excluding carboxylic acids is 2. The first-order chi connectivity index (χ1) is 13.7. The lowest BCUT2D eigenvalue weighted by Crippen LogP contribution is -2.38. The van der Waals surface area contributed by atoms with Crippen molar-refractivity contribution in [1.29, 1.82) is 0 Å². The number of hydrogen-bond donors (Lipinski definition) is 1. The van der Waals surface area contributed by atoms with Gasteiger partial charge in [0.25, 0.3) is 5.91 Å². The average molecular weight is 440 g/mol. The summed E-state index contributed by atoms with van der Waals surface area (Å²) < 4.78 is 29.7. The van der Waals surface area contributed by atoms with E-state index in [2.05, 4.69) is 10.4 Å². The molecule has 1 atom stereocenters. The van der Waals surface area contributed by atoms with E-state index in [0.29, 0.717) is 34.9 Å². The van der Waals surface area contributed by atoms with Gasteiger partial charge in [-0.1, -0.05) is 29.8 Å². The van der Waals surface area contributed by atoms with Crippen LogP contribution in [0.15, 0.2) is 24.3 Å². The summed E-state index contributed by atoms with van der Waals surface area (Å²) >= 11 is 6.19. The summed E-state index contributed by atoms with van der Waals surface area (Å²) in [6.45, 7) is 3.35. The molecule has 8 nitrogen and oxygen atoms in total. The molecule has 1 fully saturated rings. The first-order valence-electron chi connectivity index (χ1n) is 9.10. The number of aromatic nitrogens is 2. The number of nitrogens with one attached hydrogen (secondary N) is 1. The molecular formula is C19H22ClN3O5S. The molecule has 0 aliphatic carbocycles. The highest BCUT2D eigenvalue weighted by Gasteiger charge is 2.29. The highest BCUT2D eigenvalue weighted by Crippen LogP contribution is 2.20. The third-order valence-electron chi connectivity index (χ3n) is 4.80. The van der Waals surface area contributed by atoms with E-state index in [-0.39, 0.29) is 11.5 Å². The van der Waals surface area contributed by atoms with Gasteiger partial charge in [0.2, 0.25) is 0 Å². The zero-order valence-electron chi connectivity index (χ0n) is 16.1. The van der Waals surface area contributed by atoms with Crippen molar-refractivity contribution in [2.45, 2.75) is 32.9 Å². The topological polar surface area (TPSA) is 107 Å². The van der Waals surface area contributed by atoms with Crippen LogP contribution in [-0.4, -0.2) is 54.2 Å². The Labute approximate surface area is 174 Å². The molecule has 1 saturated heterocycles. The molecule has 1 amide bonds. The number of aryl methyl sites for hydroxylation is 1. The fraction of sp³-hybridized carbons (Fsp3) is 0.421. The second-order valence-corrected chi connectivity index (χ2v) is 9.67. The van der Waals surface area contributed by atoms with Crippen LogP contribution in [0, 0.1) is 13.8 Å². The van der Waals surface area contributed by atoms with Crippen molar-refractivity contribution in [3.8, 4) is 0 Å². The van der Waals surface area contributed by atoms with E-state index in [1.165, 1.54) is 0 Å². The van der Waals surface area contributed by atoms with Gasteiger partial charge >= 0.3 is 5.97 Å². The van der Waals surface area contributed by atoms with Crippen molar-refractivity contribution in [3.05, 3.63) is 51.8 Å². The minimum absolute atomic E-state index is 0.0563. The molecule has 2 heterocycles. The molecule has 156 valence electrons. The third kappa shape index (κ3) is 5.16. The summed E-state index contributed by atoms with van der Waals surface area (Å²) in [6, 6.07) is 6.93. The number of amides is 1. The van der Waals surface area contributed by atoms with Crippen molar-refractivity contribution < 1.29 is 22.7 Å². The standard InChI is InChI=1S/C19H22ClN3O5S/c1-12-18(13(2)23(22-12)9-14-5-3-4-6-16(14)20)19(25)28-10-17(24)21-15-7-8-29(26,27)11-15/h3-6,15H,7-11H2,1-2H3,(H,21,24)/t15-/m0/s1. The zero-order valence-corrected chi connectivity index (χ0v) is 17.7. The van der Waals surface area contributed by atoms with Gasteiger partial charge in [-0.3, -0.25) is 9.48 Å². The first kappa shape index (κ1) is 21.3. The molecule has 2 aromatic rings. The molecule has 1 aromatic carbocycles. The number of ether oxygens (including phenoxy) is 1. The van der Waals surface area contributed by atoms with E-state index in [1.54, 1.807) is 24.6 Å². The van der Waals surface area contributed by atoms with Gasteiger partial charge in [0.15, 0.2) is 16.4 Å². The van der Waals surface area contributed by atoms with Gasteiger partial charge in [0.1, 0.15) is 5.56 Å². The van der Waals surface area contributed by atoms with E-state index in [4.69, 9.17) is 16.3 Å². The highest BCUT2D eigenvalue weighted by atomic mass is 35.5. The smallest absolute Gasteiger partial charge is 0.342 e. The van der Waals surface area contributed by atoms with Gasteiger partial charge < -0.3 is 10.1 Å². The summed E-state index contributed by atoms with van der Waals surface area (Å²) in [5.41, 5.74) is 2.26. The van der Waals surface area contributed by atoms with E-state index >= 15 is 0 Å². The lowest BCUT2D eigenvalue weighted by atomic mass is 10.2. The summed E-state index contributed by atoms with van der Waals surface area (Å²) in [5.74, 6) is -1.21. The van der Waals surface area contributed by atoms with E-state index < -0.39 is 34.4 Å². The maximum absolute atomic E-state index is 12.5. The second-order valence-electron chi connectivity index (χ2n) is 7.04. The average Bonchev–Trinajstić information content (AvgIpc) is 3.13. The monoisotopic (exact) mass is 439 g/mol. The molecule has 0 saturated carbocycles. The molecule has 1 aromatic heterocycles. The predicted molar refractivity (Wildman–Crippen MR) is 108 cm³/mol. The lowest BCUT2D eigenvalue weighted by Gasteiger charge is -2.11. The number of sulfone groups is 1. The van der Waals surface area contributed by atoms with E-state index in [9.17, 15) is 18.0 Å². The SMILES string of the molecule is Cc1nn(Cc2ccccc2Cl)c(C)c1C(=O)OCC(=O)N[C@H]1CCS(=O)(=O)C1. The Kier molecular flexibility index (Phi) is 6.28. The van der Waals surface area contributed by atoms with Gasteiger partial charge in [-0.2, -0.15) is 5.10 Å². The Balaban J connectivity index is 1.61. The van der Waals surface area contributed by atoms with Gasteiger partial charge in [0, 0.05) is 11.1 Å². The van der Waals surface area contributed by atoms with Crippen molar-refractivity contribution in [2.75, 3.05) is 18.1 Å². The van der Waals surface area contributed by atoms with Crippen molar-refractivity contribution in [1.82, 2.24) is 15.1 Å². The quantitative estimate of drug-likeness (QED) is 0.686. The van der Waals surface area contributed by atoms with E-state index in [0.717, 1.165) is 5.56 Å². The number of rotatable bonds is 6. The Morgan fingerprint density at radius 1 is 1.31 bits per heavy atom. The molecule has 0 radical (unpaired) electrons. The van der Waals surface area contributed by atoms with Crippen LogP contribution in [0.4, 0.5) is 0 Å². The van der Waals surface area contributed by atoms with Crippen molar-refractivity contribution in [3.63, 3.8) is 0 Å². The van der Waals surface area contributed by atoms with Crippen LogP contribution < -0.4 is 5.32 Å². The molecular weight excluding hydrogens is 418 g/mol. The zero-order chi connectivity index (χ0) is 21.2. The minimum Gasteiger partial charge on any atom is -0.452 e. The van der Waals surface area contributed by atoms with Crippen molar-refractivity contribution in [2.24, 2.45) is 0 Å². The van der Waals surface area contributed by atoms with Crippen LogP contribution in [0.1, 0.15) is 33.7 Å². The van der Waals surface area contributed by atoms with Gasteiger partial charge in [-0.05, 0) is 31.9 Å². The summed E-state index contributed by atoms with van der Waals surface area (Å²) in [5, 5.41) is 7.57. The van der Waals surface area contributed by atoms with Crippen LogP contribution in [0.25, 0.3) is 0 Å². The molecule has 0 unspecified atom stereocenters. The van der Waals surface area contributed by atoms with Crippen molar-refractivity contribution >= 4 is 33.3 Å². The van der Waals surface area contributed by atoms with Gasteiger partial charge in [0.05, 0.1) is 29.4 Å². The highest BCUT2D eigenvalue weighted by molar-refractivity contribution is 7.91.